The van der Waals surface area contributed by atoms with Crippen LogP contribution in [0.25, 0.3) is 10.8 Å². The van der Waals surface area contributed by atoms with E-state index < -0.39 is 17.8 Å². The lowest BCUT2D eigenvalue weighted by atomic mass is 9.83. The second-order valence-corrected chi connectivity index (χ2v) is 22.0. The monoisotopic (exact) mass is 1060 g/mol. The number of hydrogen-bond acceptors (Lipinski definition) is 12. The number of fused-ring (bicyclic) bond motifs is 1. The summed E-state index contributed by atoms with van der Waals surface area (Å²) in [5.41, 5.74) is 2.57. The Hall–Kier alpha value is -6.96. The van der Waals surface area contributed by atoms with E-state index in [1.54, 1.807) is 52.5 Å². The van der Waals surface area contributed by atoms with E-state index in [2.05, 4.69) is 40.6 Å². The topological polar surface area (TPSA) is 200 Å². The van der Waals surface area contributed by atoms with Gasteiger partial charge in [-0.05, 0) is 111 Å². The third kappa shape index (κ3) is 13.5. The third-order valence-corrected chi connectivity index (χ3v) is 16.8. The summed E-state index contributed by atoms with van der Waals surface area (Å²) in [6.07, 6.45) is 12.5. The number of H-pyrrole nitrogens is 1. The van der Waals surface area contributed by atoms with Crippen LogP contribution in [0.4, 0.5) is 4.39 Å². The van der Waals surface area contributed by atoms with Crippen LogP contribution in [-0.4, -0.2) is 183 Å². The van der Waals surface area contributed by atoms with Crippen LogP contribution in [0.5, 0.6) is 0 Å². The van der Waals surface area contributed by atoms with Crippen LogP contribution in [-0.2, 0) is 27.3 Å². The summed E-state index contributed by atoms with van der Waals surface area (Å²) >= 11 is 0. The molecule has 78 heavy (non-hydrogen) atoms. The highest BCUT2D eigenvalue weighted by atomic mass is 19.1. The summed E-state index contributed by atoms with van der Waals surface area (Å²) in [4.78, 5) is 102. The number of amides is 5. The largest absolute Gasteiger partial charge is 0.341 e. The first-order valence-corrected chi connectivity index (χ1v) is 28.2. The highest BCUT2D eigenvalue weighted by Gasteiger charge is 2.37. The predicted octanol–water partition coefficient (Wildman–Crippen LogP) is 4.46. The van der Waals surface area contributed by atoms with Crippen molar-refractivity contribution in [2.45, 2.75) is 82.7 Å². The number of rotatable bonds is 16. The Morgan fingerprint density at radius 2 is 1.41 bits per heavy atom. The molecule has 1 unspecified atom stereocenters. The lowest BCUT2D eigenvalue weighted by molar-refractivity contribution is -0.137. The van der Waals surface area contributed by atoms with E-state index in [1.807, 2.05) is 46.2 Å². The molecule has 1 saturated carbocycles. The van der Waals surface area contributed by atoms with E-state index in [1.165, 1.54) is 6.07 Å². The number of likely N-dealkylation sites (tertiary alicyclic amines) is 2. The molecule has 3 N–H and O–H groups in total. The van der Waals surface area contributed by atoms with Gasteiger partial charge in [0.05, 0.1) is 36.3 Å². The summed E-state index contributed by atoms with van der Waals surface area (Å²) < 4.78 is 15.1. The zero-order valence-electron chi connectivity index (χ0n) is 44.6. The summed E-state index contributed by atoms with van der Waals surface area (Å²) in [7, 11) is 0. The molecule has 19 heteroatoms. The highest BCUT2D eigenvalue weighted by molar-refractivity contribution is 5.98. The Bertz CT molecular complexity index is 2970. The molecule has 10 rings (SSSR count). The fourth-order valence-electron chi connectivity index (χ4n) is 12.3. The van der Waals surface area contributed by atoms with Gasteiger partial charge in [-0.1, -0.05) is 55.7 Å². The minimum absolute atomic E-state index is 0.0113. The molecule has 4 aliphatic heterocycles. The van der Waals surface area contributed by atoms with E-state index in [0.29, 0.717) is 111 Å². The number of aromatic nitrogens is 4. The van der Waals surface area contributed by atoms with Gasteiger partial charge in [-0.3, -0.25) is 38.6 Å². The van der Waals surface area contributed by atoms with E-state index in [4.69, 9.17) is 0 Å². The van der Waals surface area contributed by atoms with Crippen molar-refractivity contribution in [1.29, 1.82) is 0 Å². The maximum atomic E-state index is 15.1. The van der Waals surface area contributed by atoms with Gasteiger partial charge in [0.2, 0.25) is 17.7 Å². The molecular weight excluding hydrogens is 992 g/mol. The number of piperazine rings is 2. The number of nitrogens with zero attached hydrogens (tertiary/aromatic N) is 9. The van der Waals surface area contributed by atoms with Crippen LogP contribution in [0.2, 0.25) is 0 Å². The molecule has 5 aromatic rings. The molecule has 0 spiro atoms. The summed E-state index contributed by atoms with van der Waals surface area (Å²) in [6, 6.07) is 20.6. The van der Waals surface area contributed by atoms with Crippen molar-refractivity contribution in [3.05, 3.63) is 135 Å². The molecule has 5 fully saturated rings. The lowest BCUT2D eigenvalue weighted by Gasteiger charge is -2.41. The highest BCUT2D eigenvalue weighted by Crippen LogP contribution is 2.31. The Morgan fingerprint density at radius 1 is 0.679 bits per heavy atom. The Labute approximate surface area is 455 Å². The van der Waals surface area contributed by atoms with Gasteiger partial charge < -0.3 is 30.2 Å². The van der Waals surface area contributed by atoms with E-state index in [-0.39, 0.29) is 53.1 Å². The van der Waals surface area contributed by atoms with E-state index in [0.717, 1.165) is 96.1 Å². The molecule has 3 aromatic carbocycles. The van der Waals surface area contributed by atoms with Crippen molar-refractivity contribution < 1.29 is 28.4 Å². The van der Waals surface area contributed by atoms with E-state index in [9.17, 15) is 28.8 Å². The normalized spacial score (nSPS) is 19.7. The zero-order valence-corrected chi connectivity index (χ0v) is 44.6. The molecular formula is C59H73FN12O6. The average Bonchev–Trinajstić information content (AvgIpc) is 3.50. The van der Waals surface area contributed by atoms with Gasteiger partial charge in [-0.15, -0.1) is 0 Å². The fourth-order valence-corrected chi connectivity index (χ4v) is 12.3. The first kappa shape index (κ1) is 54.4. The van der Waals surface area contributed by atoms with Crippen molar-refractivity contribution in [2.75, 3.05) is 98.2 Å². The standard InChI is InChI=1S/C59H73FN12O6/c60-50-17-16-42(34-51-47-14-4-5-15-48(47)57(76)66-65-51)33-49(50)58(77)70-31-29-69(30-32-70)54(74)40-67-23-18-41(19-24-67)38-68-25-27-71(28-26-68)59(78)55(43-9-2-1-3-10-43)64-56(75)45-12-6-11-44(35-45)46-13-7-22-72(39-46)53(73)37-61-36-52-62-20-8-21-63-52/h4-6,8,11-12,14-17,20-21,33,35,41,43,46,55,61H,1-3,7,9-10,13,18-19,22-32,34,36-40H2,(H,64,75)(H,66,76)/t46?,55-/m1/s1. The molecule has 412 valence electrons. The second-order valence-electron chi connectivity index (χ2n) is 22.0. The Kier molecular flexibility index (Phi) is 17.9. The van der Waals surface area contributed by atoms with E-state index >= 15 is 4.39 Å². The van der Waals surface area contributed by atoms with Gasteiger partial charge in [0, 0.05) is 108 Å². The van der Waals surface area contributed by atoms with Crippen molar-refractivity contribution in [3.63, 3.8) is 0 Å². The van der Waals surface area contributed by atoms with Crippen LogP contribution >= 0.6 is 0 Å². The second kappa shape index (κ2) is 25.7. The van der Waals surface area contributed by atoms with Gasteiger partial charge in [-0.25, -0.2) is 19.5 Å². The van der Waals surface area contributed by atoms with Crippen molar-refractivity contribution >= 4 is 40.3 Å². The minimum atomic E-state index is -0.608. The van der Waals surface area contributed by atoms with Crippen LogP contribution in [0.15, 0.2) is 90.0 Å². The maximum absolute atomic E-state index is 15.1. The molecule has 18 nitrogen and oxygen atoms in total. The fraction of sp³-hybridized carbons (Fsp3) is 0.508. The van der Waals surface area contributed by atoms with Gasteiger partial charge >= 0.3 is 0 Å². The van der Waals surface area contributed by atoms with Crippen LogP contribution < -0.4 is 16.2 Å². The van der Waals surface area contributed by atoms with Crippen LogP contribution in [0.3, 0.4) is 0 Å². The number of hydrogen-bond donors (Lipinski definition) is 3. The maximum Gasteiger partial charge on any atom is 0.272 e. The van der Waals surface area contributed by atoms with Crippen molar-refractivity contribution in [3.8, 4) is 0 Å². The molecule has 0 radical (unpaired) electrons. The number of carbonyl (C=O) groups excluding carboxylic acids is 5. The third-order valence-electron chi connectivity index (χ3n) is 16.8. The number of piperidine rings is 2. The Balaban J connectivity index is 0.651. The molecule has 2 aromatic heterocycles. The van der Waals surface area contributed by atoms with Crippen LogP contribution in [0.1, 0.15) is 107 Å². The Morgan fingerprint density at radius 3 is 2.18 bits per heavy atom. The summed E-state index contributed by atoms with van der Waals surface area (Å²) in [6.45, 7) is 8.94. The smallest absolute Gasteiger partial charge is 0.272 e. The van der Waals surface area contributed by atoms with Crippen molar-refractivity contribution in [2.24, 2.45) is 11.8 Å². The van der Waals surface area contributed by atoms with Gasteiger partial charge in [0.1, 0.15) is 17.7 Å². The number of carbonyl (C=O) groups is 5. The molecule has 4 saturated heterocycles. The van der Waals surface area contributed by atoms with Gasteiger partial charge in [0.25, 0.3) is 17.4 Å². The lowest BCUT2D eigenvalue weighted by Crippen LogP contribution is -2.57. The first-order valence-electron chi connectivity index (χ1n) is 28.2. The number of benzene rings is 3. The predicted molar refractivity (Wildman–Crippen MR) is 293 cm³/mol. The average molecular weight is 1070 g/mol. The van der Waals surface area contributed by atoms with Gasteiger partial charge in [0.15, 0.2) is 0 Å². The molecule has 5 amide bonds. The molecule has 1 aliphatic carbocycles. The quantitative estimate of drug-likeness (QED) is 0.126. The number of aromatic amines is 1. The summed E-state index contributed by atoms with van der Waals surface area (Å²) in [5, 5.41) is 14.4. The first-order chi connectivity index (χ1) is 38.0. The molecule has 5 aliphatic rings. The van der Waals surface area contributed by atoms with Crippen molar-refractivity contribution in [1.82, 2.24) is 60.2 Å². The van der Waals surface area contributed by atoms with Gasteiger partial charge in [-0.2, -0.15) is 5.10 Å². The number of halogens is 1. The molecule has 2 atom stereocenters. The zero-order chi connectivity index (χ0) is 54.0. The molecule has 6 heterocycles. The minimum Gasteiger partial charge on any atom is -0.341 e. The summed E-state index contributed by atoms with van der Waals surface area (Å²) in [5.74, 6) is 0.135. The molecule has 0 bridgehead atoms. The van der Waals surface area contributed by atoms with Crippen LogP contribution in [0, 0.1) is 17.7 Å². The number of nitrogens with one attached hydrogen (secondary N) is 3. The SMILES string of the molecule is O=C(N[C@@H](C(=O)N1CCN(CC2CCN(CC(=O)N3CCN(C(=O)c4cc(Cc5n[nH]c(=O)c6ccccc56)ccc4F)CC3)CC2)CC1)C1CCCCC1)c1cccc(C2CCCN(C(=O)CNCc3ncccn3)C2)c1.